The first-order valence-electron chi connectivity index (χ1n) is 14.5. The van der Waals surface area contributed by atoms with Crippen LogP contribution in [-0.2, 0) is 18.6 Å². The van der Waals surface area contributed by atoms with Gasteiger partial charge in [0.25, 0.3) is 0 Å². The lowest BCUT2D eigenvalue weighted by atomic mass is 9.95. The van der Waals surface area contributed by atoms with Crippen molar-refractivity contribution in [3.05, 3.63) is 41.0 Å². The second-order valence-corrected chi connectivity index (χ2v) is 12.9. The van der Waals surface area contributed by atoms with Crippen molar-refractivity contribution in [2.75, 3.05) is 47.9 Å². The molecule has 0 spiro atoms. The van der Waals surface area contributed by atoms with Crippen LogP contribution in [0.15, 0.2) is 29.3 Å². The minimum Gasteiger partial charge on any atom is -0.396 e. The van der Waals surface area contributed by atoms with E-state index in [1.54, 1.807) is 23.7 Å². The van der Waals surface area contributed by atoms with E-state index in [9.17, 15) is 0 Å². The summed E-state index contributed by atoms with van der Waals surface area (Å²) in [5.74, 6) is 2.05. The molecule has 38 heavy (non-hydrogen) atoms. The number of nitrogens with zero attached hydrogens (tertiary/aromatic N) is 3. The van der Waals surface area contributed by atoms with Crippen molar-refractivity contribution in [1.82, 2.24) is 10.3 Å². The van der Waals surface area contributed by atoms with Crippen molar-refractivity contribution in [3.8, 4) is 0 Å². The van der Waals surface area contributed by atoms with Gasteiger partial charge in [0.1, 0.15) is 10.8 Å². The molecule has 1 aliphatic heterocycles. The lowest BCUT2D eigenvalue weighted by molar-refractivity contribution is 0.323. The van der Waals surface area contributed by atoms with E-state index in [0.29, 0.717) is 11.5 Å². The Morgan fingerprint density at radius 2 is 1.71 bits per heavy atom. The summed E-state index contributed by atoms with van der Waals surface area (Å²) in [5, 5.41) is 4.78. The van der Waals surface area contributed by atoms with Crippen molar-refractivity contribution >= 4 is 40.9 Å². The first-order chi connectivity index (χ1) is 18.2. The molecule has 0 aliphatic carbocycles. The monoisotopic (exact) mass is 559 g/mol. The van der Waals surface area contributed by atoms with Gasteiger partial charge in [-0.15, -0.1) is 0 Å². The summed E-state index contributed by atoms with van der Waals surface area (Å²) in [7, 11) is 2.09. The molecule has 0 amide bonds. The van der Waals surface area contributed by atoms with Crippen molar-refractivity contribution in [1.29, 1.82) is 0 Å². The molecule has 3 N–H and O–H groups in total. The van der Waals surface area contributed by atoms with Gasteiger partial charge in [-0.25, -0.2) is 4.98 Å². The van der Waals surface area contributed by atoms with Crippen molar-refractivity contribution in [3.63, 3.8) is 0 Å². The number of hydrogen-bond acceptors (Lipinski definition) is 7. The Morgan fingerprint density at radius 1 is 1.08 bits per heavy atom. The van der Waals surface area contributed by atoms with Crippen LogP contribution in [0.1, 0.15) is 84.4 Å². The molecule has 3 rings (SSSR count). The lowest BCUT2D eigenvalue weighted by Crippen LogP contribution is -2.45. The predicted octanol–water partition coefficient (Wildman–Crippen LogP) is 7.82. The van der Waals surface area contributed by atoms with Crippen LogP contribution in [0.5, 0.6) is 0 Å². The van der Waals surface area contributed by atoms with E-state index < -0.39 is 0 Å². The van der Waals surface area contributed by atoms with Crippen LogP contribution in [0.4, 0.5) is 17.2 Å². The van der Waals surface area contributed by atoms with Crippen LogP contribution in [0.3, 0.4) is 0 Å². The molecule has 2 aromatic rings. The normalized spacial score (nSPS) is 14.3. The van der Waals surface area contributed by atoms with Gasteiger partial charge in [-0.1, -0.05) is 90.7 Å². The van der Waals surface area contributed by atoms with Crippen LogP contribution < -0.4 is 20.3 Å². The number of nitrogens with one attached hydrogen (secondary N) is 1. The average Bonchev–Trinajstić information content (AvgIpc) is 2.92. The van der Waals surface area contributed by atoms with Gasteiger partial charge in [0.2, 0.25) is 0 Å². The quantitative estimate of drug-likeness (QED) is 0.215. The summed E-state index contributed by atoms with van der Waals surface area (Å²) in [4.78, 5) is 7.76. The summed E-state index contributed by atoms with van der Waals surface area (Å²) in [6, 6.07) is 9.40. The van der Waals surface area contributed by atoms with Gasteiger partial charge in [0.05, 0.1) is 5.69 Å². The van der Waals surface area contributed by atoms with Crippen molar-refractivity contribution in [2.24, 2.45) is 5.41 Å². The summed E-state index contributed by atoms with van der Waals surface area (Å²) >= 11 is 3.49. The lowest BCUT2D eigenvalue weighted by Gasteiger charge is -2.36. The highest BCUT2D eigenvalue weighted by Gasteiger charge is 2.26. The number of thioether (sulfide) groups is 1. The zero-order valence-corrected chi connectivity index (χ0v) is 27.1. The standard InChI is InChI=1S/C29H47N5S2.C2H6/c1-8-10-25-24(9-2)26(30)28(36-19-21-11-13-23(14-12-21)33(6)35-7)32-27(25)34-17-15-22(16-18-34)31-20-29(3,4)5;1-2/h11-14,22,31H,8-10,15-20,30H2,1-7H3;1-2H3. The molecule has 214 valence electrons. The molecule has 7 heteroatoms. The van der Waals surface area contributed by atoms with Crippen molar-refractivity contribution < 1.29 is 0 Å². The molecular formula is C31H53N5S2. The highest BCUT2D eigenvalue weighted by Crippen LogP contribution is 2.37. The fraction of sp³-hybridized carbons (Fsp3) is 0.645. The number of rotatable bonds is 11. The molecule has 1 aromatic carbocycles. The number of piperidine rings is 1. The number of nitrogens with two attached hydrogens (primary N) is 1. The number of nitrogen functional groups attached to an aromatic ring is 1. The fourth-order valence-corrected chi connectivity index (χ4v) is 6.00. The van der Waals surface area contributed by atoms with Gasteiger partial charge in [0, 0.05) is 50.4 Å². The minimum atomic E-state index is 0.317. The number of hydrogen-bond donors (Lipinski definition) is 2. The Hall–Kier alpha value is -1.57. The van der Waals surface area contributed by atoms with E-state index in [2.05, 4.69) is 86.7 Å². The van der Waals surface area contributed by atoms with E-state index in [-0.39, 0.29) is 0 Å². The topological polar surface area (TPSA) is 57.4 Å². The molecule has 1 saturated heterocycles. The maximum absolute atomic E-state index is 6.75. The third-order valence-corrected chi connectivity index (χ3v) is 8.74. The molecule has 1 fully saturated rings. The number of pyridine rings is 1. The largest absolute Gasteiger partial charge is 0.396 e. The Morgan fingerprint density at radius 3 is 2.24 bits per heavy atom. The zero-order valence-electron chi connectivity index (χ0n) is 25.5. The average molecular weight is 560 g/mol. The predicted molar refractivity (Wildman–Crippen MR) is 174 cm³/mol. The molecule has 1 aromatic heterocycles. The first kappa shape index (κ1) is 32.6. The molecule has 1 aliphatic rings. The third kappa shape index (κ3) is 9.27. The number of aromatic nitrogens is 1. The SMILES string of the molecule is CC.CCCc1c(N2CCC(NCC(C)(C)C)CC2)nc(SCc2ccc(N(C)SC)cc2)c(N)c1CC. The summed E-state index contributed by atoms with van der Waals surface area (Å²) in [6.07, 6.45) is 7.50. The van der Waals surface area contributed by atoms with Crippen LogP contribution in [0.2, 0.25) is 0 Å². The van der Waals surface area contributed by atoms with Gasteiger partial charge in [-0.3, -0.25) is 0 Å². The molecule has 0 unspecified atom stereocenters. The maximum atomic E-state index is 6.75. The van der Waals surface area contributed by atoms with E-state index >= 15 is 0 Å². The molecule has 2 heterocycles. The van der Waals surface area contributed by atoms with Crippen LogP contribution >= 0.6 is 23.7 Å². The highest BCUT2D eigenvalue weighted by atomic mass is 32.2. The second kappa shape index (κ2) is 15.9. The molecule has 5 nitrogen and oxygen atoms in total. The van der Waals surface area contributed by atoms with E-state index in [1.165, 1.54) is 28.2 Å². The zero-order chi connectivity index (χ0) is 28.3. The van der Waals surface area contributed by atoms with Crippen LogP contribution in [0, 0.1) is 5.41 Å². The number of anilines is 3. The molecule has 0 saturated carbocycles. The Bertz CT molecular complexity index is 964. The van der Waals surface area contributed by atoms with E-state index in [4.69, 9.17) is 10.7 Å². The summed E-state index contributed by atoms with van der Waals surface area (Å²) in [5.41, 5.74) is 13.1. The molecule has 0 radical (unpaired) electrons. The van der Waals surface area contributed by atoms with Gasteiger partial charge in [0.15, 0.2) is 0 Å². The van der Waals surface area contributed by atoms with Gasteiger partial charge in [-0.05, 0) is 59.9 Å². The summed E-state index contributed by atoms with van der Waals surface area (Å²) in [6.45, 7) is 18.5. The van der Waals surface area contributed by atoms with E-state index in [1.807, 2.05) is 13.8 Å². The maximum Gasteiger partial charge on any atom is 0.133 e. The number of benzene rings is 1. The van der Waals surface area contributed by atoms with Gasteiger partial charge < -0.3 is 20.3 Å². The summed E-state index contributed by atoms with van der Waals surface area (Å²) < 4.78 is 2.17. The van der Waals surface area contributed by atoms with Gasteiger partial charge in [-0.2, -0.15) is 0 Å². The highest BCUT2D eigenvalue weighted by molar-refractivity contribution is 7.99. The third-order valence-electron chi connectivity index (χ3n) is 6.92. The first-order valence-corrected chi connectivity index (χ1v) is 16.6. The Kier molecular flexibility index (Phi) is 13.6. The van der Waals surface area contributed by atoms with Crippen LogP contribution in [-0.4, -0.2) is 44.0 Å². The van der Waals surface area contributed by atoms with Gasteiger partial charge >= 0.3 is 0 Å². The Labute approximate surface area is 242 Å². The molecule has 0 bridgehead atoms. The smallest absolute Gasteiger partial charge is 0.133 e. The second-order valence-electron chi connectivity index (χ2n) is 11.1. The Balaban J connectivity index is 0.00000247. The molecule has 0 atom stereocenters. The van der Waals surface area contributed by atoms with E-state index in [0.717, 1.165) is 68.2 Å². The molecular weight excluding hydrogens is 507 g/mol. The fourth-order valence-electron chi connectivity index (χ4n) is 4.74. The van der Waals surface area contributed by atoms with Crippen molar-refractivity contribution in [2.45, 2.75) is 97.4 Å². The minimum absolute atomic E-state index is 0.317. The van der Waals surface area contributed by atoms with Crippen LogP contribution in [0.25, 0.3) is 0 Å².